The molecular weight excluding hydrogens is 384 g/mol. The highest BCUT2D eigenvalue weighted by Crippen LogP contribution is 2.26. The molecule has 1 amide bonds. The second kappa shape index (κ2) is 8.02. The van der Waals surface area contributed by atoms with Gasteiger partial charge in [-0.05, 0) is 38.3 Å². The van der Waals surface area contributed by atoms with Crippen LogP contribution < -0.4 is 5.32 Å². The number of aryl methyl sites for hydroxylation is 1. The number of nitrogens with one attached hydrogen (secondary N) is 1. The Hall–Kier alpha value is -1.87. The maximum absolute atomic E-state index is 12.4. The second-order valence-electron chi connectivity index (χ2n) is 7.05. The van der Waals surface area contributed by atoms with Gasteiger partial charge in [0.15, 0.2) is 15.0 Å². The molecule has 1 aliphatic rings. The van der Waals surface area contributed by atoms with Gasteiger partial charge < -0.3 is 9.88 Å². The maximum Gasteiger partial charge on any atom is 0.237 e. The van der Waals surface area contributed by atoms with E-state index in [0.717, 1.165) is 17.1 Å². The molecule has 0 bridgehead atoms. The van der Waals surface area contributed by atoms with Gasteiger partial charge in [0.25, 0.3) is 0 Å². The van der Waals surface area contributed by atoms with Gasteiger partial charge in [0.1, 0.15) is 5.82 Å². The molecule has 27 heavy (non-hydrogen) atoms. The van der Waals surface area contributed by atoms with E-state index in [9.17, 15) is 13.2 Å². The SMILES string of the molecule is Cc1ccc(NC(=O)[C@H](C)Sc2nnc(C[C@@H]3CCS(=O)(=O)C3)n2C)cc1. The molecule has 1 aliphatic heterocycles. The highest BCUT2D eigenvalue weighted by atomic mass is 32.2. The quantitative estimate of drug-likeness (QED) is 0.737. The Morgan fingerprint density at radius 3 is 2.67 bits per heavy atom. The molecule has 1 saturated heterocycles. The number of amides is 1. The zero-order valence-electron chi connectivity index (χ0n) is 15.7. The molecule has 0 radical (unpaired) electrons. The monoisotopic (exact) mass is 408 g/mol. The first-order valence-corrected chi connectivity index (χ1v) is 11.6. The smallest absolute Gasteiger partial charge is 0.237 e. The first-order chi connectivity index (χ1) is 12.7. The van der Waals surface area contributed by atoms with Gasteiger partial charge in [0.2, 0.25) is 5.91 Å². The fraction of sp³-hybridized carbons (Fsp3) is 0.500. The van der Waals surface area contributed by atoms with E-state index in [1.807, 2.05) is 49.7 Å². The lowest BCUT2D eigenvalue weighted by molar-refractivity contribution is -0.115. The average molecular weight is 409 g/mol. The number of hydrogen-bond acceptors (Lipinski definition) is 6. The minimum absolute atomic E-state index is 0.0954. The number of anilines is 1. The zero-order valence-corrected chi connectivity index (χ0v) is 17.3. The molecule has 1 N–H and O–H groups in total. The van der Waals surface area contributed by atoms with Crippen molar-refractivity contribution in [1.29, 1.82) is 0 Å². The van der Waals surface area contributed by atoms with E-state index in [-0.39, 0.29) is 28.6 Å². The summed E-state index contributed by atoms with van der Waals surface area (Å²) < 4.78 is 25.1. The molecule has 3 rings (SSSR count). The summed E-state index contributed by atoms with van der Waals surface area (Å²) >= 11 is 1.34. The minimum Gasteiger partial charge on any atom is -0.325 e. The van der Waals surface area contributed by atoms with Gasteiger partial charge in [-0.15, -0.1) is 10.2 Å². The fourth-order valence-electron chi connectivity index (χ4n) is 3.01. The number of rotatable bonds is 6. The van der Waals surface area contributed by atoms with Gasteiger partial charge in [-0.1, -0.05) is 29.5 Å². The zero-order chi connectivity index (χ0) is 19.6. The van der Waals surface area contributed by atoms with Crippen LogP contribution in [-0.4, -0.2) is 45.8 Å². The number of benzene rings is 1. The van der Waals surface area contributed by atoms with E-state index in [4.69, 9.17) is 0 Å². The summed E-state index contributed by atoms with van der Waals surface area (Å²) in [6.45, 7) is 3.82. The molecule has 1 aromatic heterocycles. The third-order valence-electron chi connectivity index (χ3n) is 4.69. The predicted molar refractivity (Wildman–Crippen MR) is 107 cm³/mol. The Kier molecular flexibility index (Phi) is 5.90. The number of nitrogens with zero attached hydrogens (tertiary/aromatic N) is 3. The summed E-state index contributed by atoms with van der Waals surface area (Å²) in [6.07, 6.45) is 1.26. The highest BCUT2D eigenvalue weighted by Gasteiger charge is 2.29. The van der Waals surface area contributed by atoms with Crippen LogP contribution in [0.4, 0.5) is 5.69 Å². The molecule has 2 aromatic rings. The van der Waals surface area contributed by atoms with Gasteiger partial charge in [0.05, 0.1) is 16.8 Å². The van der Waals surface area contributed by atoms with E-state index in [2.05, 4.69) is 15.5 Å². The van der Waals surface area contributed by atoms with Crippen LogP contribution in [-0.2, 0) is 28.1 Å². The number of hydrogen-bond donors (Lipinski definition) is 1. The molecule has 7 nitrogen and oxygen atoms in total. The molecule has 2 heterocycles. The van der Waals surface area contributed by atoms with Crippen LogP contribution in [0.5, 0.6) is 0 Å². The number of carbonyl (C=O) groups excluding carboxylic acids is 1. The van der Waals surface area contributed by atoms with Crippen LogP contribution in [0.25, 0.3) is 0 Å². The van der Waals surface area contributed by atoms with Crippen LogP contribution in [0.15, 0.2) is 29.4 Å². The van der Waals surface area contributed by atoms with Crippen molar-refractivity contribution in [2.45, 2.75) is 37.1 Å². The van der Waals surface area contributed by atoms with Crippen molar-refractivity contribution in [3.8, 4) is 0 Å². The van der Waals surface area contributed by atoms with Crippen LogP contribution in [0.3, 0.4) is 0 Å². The Morgan fingerprint density at radius 2 is 2.04 bits per heavy atom. The molecule has 0 spiro atoms. The number of aromatic nitrogens is 3. The molecule has 146 valence electrons. The number of thioether (sulfide) groups is 1. The number of carbonyl (C=O) groups is 1. The summed E-state index contributed by atoms with van der Waals surface area (Å²) in [5.41, 5.74) is 1.90. The van der Waals surface area contributed by atoms with Crippen molar-refractivity contribution in [2.24, 2.45) is 13.0 Å². The molecule has 1 aromatic carbocycles. The molecule has 0 saturated carbocycles. The Morgan fingerprint density at radius 1 is 1.33 bits per heavy atom. The average Bonchev–Trinajstić information content (AvgIpc) is 3.13. The normalized spacial score (nSPS) is 19.7. The topological polar surface area (TPSA) is 94.0 Å². The lowest BCUT2D eigenvalue weighted by Crippen LogP contribution is -2.22. The highest BCUT2D eigenvalue weighted by molar-refractivity contribution is 8.00. The fourth-order valence-corrected chi connectivity index (χ4v) is 5.70. The van der Waals surface area contributed by atoms with Gasteiger partial charge in [0, 0.05) is 19.2 Å². The number of sulfone groups is 1. The van der Waals surface area contributed by atoms with E-state index in [1.54, 1.807) is 0 Å². The molecule has 2 atom stereocenters. The Labute approximate surface area is 163 Å². The van der Waals surface area contributed by atoms with Crippen molar-refractivity contribution in [3.05, 3.63) is 35.7 Å². The third-order valence-corrected chi connectivity index (χ3v) is 7.66. The van der Waals surface area contributed by atoms with Crippen molar-refractivity contribution in [3.63, 3.8) is 0 Å². The summed E-state index contributed by atoms with van der Waals surface area (Å²) in [4.78, 5) is 12.4. The second-order valence-corrected chi connectivity index (χ2v) is 10.6. The minimum atomic E-state index is -2.90. The van der Waals surface area contributed by atoms with Gasteiger partial charge in [-0.3, -0.25) is 4.79 Å². The predicted octanol–water partition coefficient (Wildman–Crippen LogP) is 2.22. The van der Waals surface area contributed by atoms with E-state index >= 15 is 0 Å². The van der Waals surface area contributed by atoms with Crippen molar-refractivity contribution < 1.29 is 13.2 Å². The van der Waals surface area contributed by atoms with Gasteiger partial charge in [-0.2, -0.15) is 0 Å². The van der Waals surface area contributed by atoms with Crippen LogP contribution in [0.1, 0.15) is 24.7 Å². The summed E-state index contributed by atoms with van der Waals surface area (Å²) in [5.74, 6) is 1.23. The van der Waals surface area contributed by atoms with Crippen LogP contribution in [0.2, 0.25) is 0 Å². The maximum atomic E-state index is 12.4. The van der Waals surface area contributed by atoms with Crippen molar-refractivity contribution in [2.75, 3.05) is 16.8 Å². The summed E-state index contributed by atoms with van der Waals surface area (Å²) in [5, 5.41) is 11.6. The standard InChI is InChI=1S/C18H24N4O3S2/c1-12-4-6-15(7-5-12)19-17(23)13(2)26-18-21-20-16(22(18)3)10-14-8-9-27(24,25)11-14/h4-7,13-14H,8-11H2,1-3H3,(H,19,23)/t13-,14-/m0/s1. The lowest BCUT2D eigenvalue weighted by Gasteiger charge is -2.12. The van der Waals surface area contributed by atoms with Gasteiger partial charge >= 0.3 is 0 Å². The Balaban J connectivity index is 1.59. The molecular formula is C18H24N4O3S2. The summed E-state index contributed by atoms with van der Waals surface area (Å²) in [7, 11) is -1.05. The molecule has 1 fully saturated rings. The van der Waals surface area contributed by atoms with Crippen LogP contribution >= 0.6 is 11.8 Å². The first-order valence-electron chi connectivity index (χ1n) is 8.86. The van der Waals surface area contributed by atoms with E-state index in [0.29, 0.717) is 18.0 Å². The van der Waals surface area contributed by atoms with Crippen molar-refractivity contribution in [1.82, 2.24) is 14.8 Å². The Bertz CT molecular complexity index is 923. The largest absolute Gasteiger partial charge is 0.325 e. The first kappa shape index (κ1) is 19.9. The van der Waals surface area contributed by atoms with Crippen molar-refractivity contribution >= 4 is 33.2 Å². The van der Waals surface area contributed by atoms with E-state index in [1.165, 1.54) is 11.8 Å². The third kappa shape index (κ3) is 5.10. The molecule has 0 unspecified atom stereocenters. The summed E-state index contributed by atoms with van der Waals surface area (Å²) in [6, 6.07) is 7.65. The van der Waals surface area contributed by atoms with E-state index < -0.39 is 9.84 Å². The molecule has 9 heteroatoms. The lowest BCUT2D eigenvalue weighted by atomic mass is 10.1. The molecule has 0 aliphatic carbocycles. The van der Waals surface area contributed by atoms with Gasteiger partial charge in [-0.25, -0.2) is 8.42 Å². The van der Waals surface area contributed by atoms with Crippen LogP contribution in [0, 0.1) is 12.8 Å².